The molecule has 0 fully saturated rings. The fourth-order valence-electron chi connectivity index (χ4n) is 1.39. The Morgan fingerprint density at radius 3 is 2.67 bits per heavy atom. The molecule has 0 heterocycles. The Balaban J connectivity index is 2.20. The predicted molar refractivity (Wildman–Crippen MR) is 76.2 cm³/mol. The number of guanidine groups is 1. The van der Waals surface area contributed by atoms with Crippen molar-refractivity contribution in [1.82, 2.24) is 10.6 Å². The molecule has 2 N–H and O–H groups in total. The molecule has 0 aliphatic rings. The van der Waals surface area contributed by atoms with Gasteiger partial charge in [0, 0.05) is 13.1 Å². The predicted octanol–water partition coefficient (Wildman–Crippen LogP) is 2.03. The third-order valence-corrected chi connectivity index (χ3v) is 2.63. The van der Waals surface area contributed by atoms with Crippen LogP contribution >= 0.6 is 0 Å². The van der Waals surface area contributed by atoms with Gasteiger partial charge in [-0.2, -0.15) is 0 Å². The van der Waals surface area contributed by atoms with E-state index in [1.165, 1.54) is 0 Å². The topological polar surface area (TPSA) is 45.7 Å². The third-order valence-electron chi connectivity index (χ3n) is 2.63. The number of nitrogens with zero attached hydrogens (tertiary/aromatic N) is 1. The van der Waals surface area contributed by atoms with E-state index in [9.17, 15) is 0 Å². The molecule has 4 heteroatoms. The number of aliphatic imine (C=N–C) groups is 1. The van der Waals surface area contributed by atoms with E-state index in [0.29, 0.717) is 12.6 Å². The summed E-state index contributed by atoms with van der Waals surface area (Å²) in [4.78, 5) is 4.16. The van der Waals surface area contributed by atoms with Crippen LogP contribution in [0.15, 0.2) is 35.3 Å². The van der Waals surface area contributed by atoms with Crippen LogP contribution in [0.3, 0.4) is 0 Å². The van der Waals surface area contributed by atoms with Crippen molar-refractivity contribution >= 4 is 5.96 Å². The molecule has 18 heavy (non-hydrogen) atoms. The minimum absolute atomic E-state index is 0.422. The number of para-hydroxylation sites is 1. The molecular weight excluding hydrogens is 226 g/mol. The Labute approximate surface area is 109 Å². The van der Waals surface area contributed by atoms with Crippen LogP contribution in [0.1, 0.15) is 20.3 Å². The molecule has 0 amide bonds. The Morgan fingerprint density at radius 2 is 2.06 bits per heavy atom. The first-order valence-electron chi connectivity index (χ1n) is 6.41. The lowest BCUT2D eigenvalue weighted by atomic mass is 10.3. The highest BCUT2D eigenvalue weighted by Gasteiger charge is 2.01. The normalized spacial score (nSPS) is 12.9. The monoisotopic (exact) mass is 249 g/mol. The van der Waals surface area contributed by atoms with Crippen LogP contribution in [0, 0.1) is 0 Å². The van der Waals surface area contributed by atoms with Crippen LogP contribution in [0.5, 0.6) is 5.75 Å². The average molecular weight is 249 g/mol. The standard InChI is InChI=1S/C14H23N3O/c1-4-12(2)17-14(15-3)16-10-11-18-13-8-6-5-7-9-13/h5-9,12H,4,10-11H2,1-3H3,(H2,15,16,17). The van der Waals surface area contributed by atoms with Crippen molar-refractivity contribution in [2.45, 2.75) is 26.3 Å². The maximum Gasteiger partial charge on any atom is 0.191 e. The number of benzene rings is 1. The second-order valence-corrected chi connectivity index (χ2v) is 4.11. The summed E-state index contributed by atoms with van der Waals surface area (Å²) in [6.07, 6.45) is 1.07. The van der Waals surface area contributed by atoms with Crippen molar-refractivity contribution in [3.63, 3.8) is 0 Å². The molecule has 100 valence electrons. The van der Waals surface area contributed by atoms with Crippen LogP contribution in [0.25, 0.3) is 0 Å². The van der Waals surface area contributed by atoms with Gasteiger partial charge in [-0.15, -0.1) is 0 Å². The fourth-order valence-corrected chi connectivity index (χ4v) is 1.39. The van der Waals surface area contributed by atoms with Gasteiger partial charge in [0.1, 0.15) is 12.4 Å². The quantitative estimate of drug-likeness (QED) is 0.461. The summed E-state index contributed by atoms with van der Waals surface area (Å²) in [5.74, 6) is 1.71. The molecule has 0 aliphatic carbocycles. The SMILES string of the molecule is CCC(C)NC(=NC)NCCOc1ccccc1. The van der Waals surface area contributed by atoms with Crippen LogP contribution in [0.4, 0.5) is 0 Å². The Bertz CT molecular complexity index is 351. The van der Waals surface area contributed by atoms with Crippen LogP contribution in [0.2, 0.25) is 0 Å². The molecule has 1 atom stereocenters. The highest BCUT2D eigenvalue weighted by molar-refractivity contribution is 5.79. The molecule has 1 unspecified atom stereocenters. The molecule has 1 aromatic carbocycles. The molecule has 0 saturated heterocycles. The van der Waals surface area contributed by atoms with Gasteiger partial charge in [-0.1, -0.05) is 25.1 Å². The van der Waals surface area contributed by atoms with Gasteiger partial charge in [-0.25, -0.2) is 0 Å². The Hall–Kier alpha value is -1.71. The van der Waals surface area contributed by atoms with Gasteiger partial charge in [0.15, 0.2) is 5.96 Å². The zero-order valence-electron chi connectivity index (χ0n) is 11.4. The van der Waals surface area contributed by atoms with Gasteiger partial charge in [-0.05, 0) is 25.5 Å². The fraction of sp³-hybridized carbons (Fsp3) is 0.500. The van der Waals surface area contributed by atoms with Crippen molar-refractivity contribution in [2.24, 2.45) is 4.99 Å². The van der Waals surface area contributed by atoms with E-state index >= 15 is 0 Å². The van der Waals surface area contributed by atoms with E-state index in [1.807, 2.05) is 30.3 Å². The van der Waals surface area contributed by atoms with Crippen molar-refractivity contribution in [3.05, 3.63) is 30.3 Å². The van der Waals surface area contributed by atoms with Crippen molar-refractivity contribution in [3.8, 4) is 5.75 Å². The molecule has 0 spiro atoms. The lowest BCUT2D eigenvalue weighted by Gasteiger charge is -2.16. The average Bonchev–Trinajstić information content (AvgIpc) is 2.43. The number of ether oxygens (including phenoxy) is 1. The van der Waals surface area contributed by atoms with Gasteiger partial charge in [0.05, 0.1) is 6.54 Å². The first kappa shape index (κ1) is 14.4. The van der Waals surface area contributed by atoms with Gasteiger partial charge >= 0.3 is 0 Å². The van der Waals surface area contributed by atoms with Crippen LogP contribution in [-0.4, -0.2) is 32.2 Å². The summed E-state index contributed by atoms with van der Waals surface area (Å²) in [6, 6.07) is 10.2. The van der Waals surface area contributed by atoms with Crippen LogP contribution < -0.4 is 15.4 Å². The van der Waals surface area contributed by atoms with Gasteiger partial charge in [-0.3, -0.25) is 4.99 Å². The summed E-state index contributed by atoms with van der Waals surface area (Å²) in [5.41, 5.74) is 0. The molecular formula is C14H23N3O. The first-order valence-corrected chi connectivity index (χ1v) is 6.41. The first-order chi connectivity index (χ1) is 8.76. The minimum atomic E-state index is 0.422. The van der Waals surface area contributed by atoms with Gasteiger partial charge in [0.25, 0.3) is 0 Å². The number of hydrogen-bond acceptors (Lipinski definition) is 2. The third kappa shape index (κ3) is 5.57. The zero-order valence-corrected chi connectivity index (χ0v) is 11.4. The lowest BCUT2D eigenvalue weighted by molar-refractivity contribution is 0.321. The van der Waals surface area contributed by atoms with Crippen LogP contribution in [-0.2, 0) is 0 Å². The van der Waals surface area contributed by atoms with Gasteiger partial charge < -0.3 is 15.4 Å². The summed E-state index contributed by atoms with van der Waals surface area (Å²) in [5, 5.41) is 6.52. The molecule has 0 aromatic heterocycles. The maximum absolute atomic E-state index is 5.59. The summed E-state index contributed by atoms with van der Waals surface area (Å²) < 4.78 is 5.59. The molecule has 0 radical (unpaired) electrons. The van der Waals surface area contributed by atoms with E-state index in [2.05, 4.69) is 29.5 Å². The second-order valence-electron chi connectivity index (χ2n) is 4.11. The van der Waals surface area contributed by atoms with E-state index in [1.54, 1.807) is 7.05 Å². The largest absolute Gasteiger partial charge is 0.492 e. The zero-order chi connectivity index (χ0) is 13.2. The van der Waals surface area contributed by atoms with E-state index < -0.39 is 0 Å². The molecule has 4 nitrogen and oxygen atoms in total. The number of nitrogens with one attached hydrogen (secondary N) is 2. The van der Waals surface area contributed by atoms with E-state index in [0.717, 1.165) is 24.7 Å². The van der Waals surface area contributed by atoms with Crippen molar-refractivity contribution in [2.75, 3.05) is 20.2 Å². The highest BCUT2D eigenvalue weighted by atomic mass is 16.5. The van der Waals surface area contributed by atoms with Gasteiger partial charge in [0.2, 0.25) is 0 Å². The Kier molecular flexibility index (Phi) is 6.69. The summed E-state index contributed by atoms with van der Waals surface area (Å²) >= 11 is 0. The van der Waals surface area contributed by atoms with E-state index in [-0.39, 0.29) is 0 Å². The molecule has 0 bridgehead atoms. The van der Waals surface area contributed by atoms with Crippen molar-refractivity contribution < 1.29 is 4.74 Å². The number of hydrogen-bond donors (Lipinski definition) is 2. The minimum Gasteiger partial charge on any atom is -0.492 e. The molecule has 0 saturated carbocycles. The molecule has 0 aliphatic heterocycles. The second kappa shape index (κ2) is 8.39. The molecule has 1 aromatic rings. The Morgan fingerprint density at radius 1 is 1.33 bits per heavy atom. The molecule has 1 rings (SSSR count). The summed E-state index contributed by atoms with van der Waals surface area (Å²) in [7, 11) is 1.77. The van der Waals surface area contributed by atoms with Crippen molar-refractivity contribution in [1.29, 1.82) is 0 Å². The number of rotatable bonds is 6. The smallest absolute Gasteiger partial charge is 0.191 e. The van der Waals surface area contributed by atoms with E-state index in [4.69, 9.17) is 4.74 Å². The maximum atomic E-state index is 5.59. The summed E-state index contributed by atoms with van der Waals surface area (Å²) in [6.45, 7) is 5.62. The lowest BCUT2D eigenvalue weighted by Crippen LogP contribution is -2.43. The highest BCUT2D eigenvalue weighted by Crippen LogP contribution is 2.07.